The van der Waals surface area contributed by atoms with E-state index >= 15 is 0 Å². The Balaban J connectivity index is 1.40. The second-order valence-corrected chi connectivity index (χ2v) is 7.58. The number of hydrogen-bond acceptors (Lipinski definition) is 6. The summed E-state index contributed by atoms with van der Waals surface area (Å²) in [6, 6.07) is 6.38. The van der Waals surface area contributed by atoms with Crippen LogP contribution in [-0.4, -0.2) is 40.5 Å². The molecule has 2 aromatic rings. The van der Waals surface area contributed by atoms with E-state index in [0.717, 1.165) is 25.7 Å². The quantitative estimate of drug-likeness (QED) is 0.618. The Morgan fingerprint density at radius 1 is 1.20 bits per heavy atom. The highest BCUT2D eigenvalue weighted by Crippen LogP contribution is 2.23. The summed E-state index contributed by atoms with van der Waals surface area (Å²) < 4.78 is 4.90. The lowest BCUT2D eigenvalue weighted by molar-refractivity contribution is -0.148. The summed E-state index contributed by atoms with van der Waals surface area (Å²) in [5.41, 5.74) is 0.268. The van der Waals surface area contributed by atoms with Gasteiger partial charge in [-0.3, -0.25) is 19.7 Å². The van der Waals surface area contributed by atoms with E-state index in [1.807, 2.05) is 0 Å². The van der Waals surface area contributed by atoms with Crippen LogP contribution in [0.4, 0.5) is 4.79 Å². The third kappa shape index (κ3) is 5.88. The summed E-state index contributed by atoms with van der Waals surface area (Å²) in [6.45, 7) is 1.53. The highest BCUT2D eigenvalue weighted by atomic mass is 16.5. The number of carbonyl (C=O) groups excluding carboxylic acids is 3. The van der Waals surface area contributed by atoms with Crippen LogP contribution in [0.25, 0.3) is 10.9 Å². The molecule has 0 spiro atoms. The number of hydrogen-bond donors (Lipinski definition) is 3. The zero-order valence-corrected chi connectivity index (χ0v) is 16.9. The minimum absolute atomic E-state index is 0.0470. The second-order valence-electron chi connectivity index (χ2n) is 7.58. The molecule has 2 atom stereocenters. The second kappa shape index (κ2) is 10.00. The van der Waals surface area contributed by atoms with Gasteiger partial charge in [0.15, 0.2) is 6.61 Å². The van der Waals surface area contributed by atoms with Crippen molar-refractivity contribution in [3.8, 4) is 0 Å². The first-order chi connectivity index (χ1) is 14.4. The van der Waals surface area contributed by atoms with Crippen molar-refractivity contribution in [1.29, 1.82) is 0 Å². The van der Waals surface area contributed by atoms with E-state index in [4.69, 9.17) is 4.74 Å². The Labute approximate surface area is 173 Å². The molecular formula is C21H26N4O5. The van der Waals surface area contributed by atoms with Gasteiger partial charge in [-0.15, -0.1) is 0 Å². The van der Waals surface area contributed by atoms with E-state index in [1.165, 1.54) is 0 Å². The molecule has 3 rings (SSSR count). The number of benzene rings is 1. The molecule has 0 unspecified atom stereocenters. The minimum atomic E-state index is -0.693. The van der Waals surface area contributed by atoms with Crippen LogP contribution in [0.1, 0.15) is 44.9 Å². The molecule has 1 aliphatic carbocycles. The number of nitrogens with zero attached hydrogens (tertiary/aromatic N) is 1. The van der Waals surface area contributed by atoms with E-state index in [-0.39, 0.29) is 24.4 Å². The molecule has 3 amide bonds. The largest absolute Gasteiger partial charge is 0.456 e. The molecule has 1 aromatic heterocycles. The lowest BCUT2D eigenvalue weighted by Crippen LogP contribution is -2.48. The molecule has 0 saturated heterocycles. The molecule has 3 N–H and O–H groups in total. The number of H-pyrrole nitrogens is 1. The Morgan fingerprint density at radius 2 is 1.97 bits per heavy atom. The Morgan fingerprint density at radius 3 is 2.77 bits per heavy atom. The molecule has 9 nitrogen and oxygen atoms in total. The molecule has 1 saturated carbocycles. The number of esters is 1. The maximum atomic E-state index is 12.0. The lowest BCUT2D eigenvalue weighted by atomic mass is 9.86. The van der Waals surface area contributed by atoms with Crippen LogP contribution >= 0.6 is 0 Å². The number of carbonyl (C=O) groups is 3. The van der Waals surface area contributed by atoms with Crippen molar-refractivity contribution >= 4 is 28.8 Å². The number of aromatic amines is 1. The van der Waals surface area contributed by atoms with Crippen molar-refractivity contribution in [3.05, 3.63) is 40.4 Å². The number of aromatic nitrogens is 2. The van der Waals surface area contributed by atoms with E-state index < -0.39 is 24.5 Å². The summed E-state index contributed by atoms with van der Waals surface area (Å²) in [6.07, 6.45) is 4.26. The number of nitrogens with one attached hydrogen (secondary N) is 3. The van der Waals surface area contributed by atoms with Gasteiger partial charge < -0.3 is 15.0 Å². The molecule has 0 aliphatic heterocycles. The molecule has 1 aromatic carbocycles. The normalized spacial score (nSPS) is 18.6. The maximum absolute atomic E-state index is 12.0. The minimum Gasteiger partial charge on any atom is -0.456 e. The molecule has 1 fully saturated rings. The van der Waals surface area contributed by atoms with Crippen molar-refractivity contribution in [1.82, 2.24) is 20.6 Å². The predicted octanol–water partition coefficient (Wildman–Crippen LogP) is 1.80. The van der Waals surface area contributed by atoms with Gasteiger partial charge in [0.05, 0.1) is 17.3 Å². The molecule has 1 heterocycles. The van der Waals surface area contributed by atoms with Crippen LogP contribution < -0.4 is 16.2 Å². The van der Waals surface area contributed by atoms with Crippen molar-refractivity contribution in [2.75, 3.05) is 6.61 Å². The number of fused-ring (bicyclic) bond motifs is 1. The zero-order chi connectivity index (χ0) is 21.5. The van der Waals surface area contributed by atoms with E-state index in [2.05, 4.69) is 27.5 Å². The monoisotopic (exact) mass is 414 g/mol. The van der Waals surface area contributed by atoms with Gasteiger partial charge in [0.1, 0.15) is 5.82 Å². The van der Waals surface area contributed by atoms with Crippen molar-refractivity contribution in [2.45, 2.75) is 51.5 Å². The lowest BCUT2D eigenvalue weighted by Gasteiger charge is -2.29. The fourth-order valence-corrected chi connectivity index (χ4v) is 3.59. The zero-order valence-electron chi connectivity index (χ0n) is 16.9. The van der Waals surface area contributed by atoms with Crippen LogP contribution in [0.5, 0.6) is 0 Å². The Hall–Kier alpha value is -3.23. The molecule has 0 bridgehead atoms. The number of rotatable bonds is 6. The standard InChI is InChI=1S/C21H26N4O5/c1-13-6-2-4-8-15(13)23-21(29)25-18(26)12-30-19(27)11-10-17-22-16-9-5-3-7-14(16)20(28)24-17/h3,5,7,9,13,15H,2,4,6,8,10-12H2,1H3,(H,22,24,28)(H2,23,25,26,29)/t13-,15-/m0/s1. The molecule has 160 valence electrons. The summed E-state index contributed by atoms with van der Waals surface area (Å²) in [4.78, 5) is 54.6. The SMILES string of the molecule is C[C@H]1CCCC[C@@H]1NC(=O)NC(=O)COC(=O)CCc1nc2ccccc2c(=O)[nH]1. The topological polar surface area (TPSA) is 130 Å². The van der Waals surface area contributed by atoms with E-state index in [9.17, 15) is 19.2 Å². The van der Waals surface area contributed by atoms with Crippen LogP contribution in [0.3, 0.4) is 0 Å². The number of ether oxygens (including phenoxy) is 1. The van der Waals surface area contributed by atoms with Gasteiger partial charge in [0.2, 0.25) is 0 Å². The molecule has 9 heteroatoms. The first-order valence-electron chi connectivity index (χ1n) is 10.2. The Kier molecular flexibility index (Phi) is 7.16. The summed E-state index contributed by atoms with van der Waals surface area (Å²) in [7, 11) is 0. The molecule has 30 heavy (non-hydrogen) atoms. The number of amides is 3. The fraction of sp³-hybridized carbons (Fsp3) is 0.476. The van der Waals surface area contributed by atoms with Gasteiger partial charge in [-0.05, 0) is 30.9 Å². The van der Waals surface area contributed by atoms with Gasteiger partial charge in [0.25, 0.3) is 11.5 Å². The smallest absolute Gasteiger partial charge is 0.321 e. The fourth-order valence-electron chi connectivity index (χ4n) is 3.59. The van der Waals surface area contributed by atoms with Gasteiger partial charge in [0, 0.05) is 12.5 Å². The first-order valence-corrected chi connectivity index (χ1v) is 10.2. The average Bonchev–Trinajstić information content (AvgIpc) is 2.72. The number of urea groups is 1. The predicted molar refractivity (Wildman–Crippen MR) is 110 cm³/mol. The van der Waals surface area contributed by atoms with Gasteiger partial charge >= 0.3 is 12.0 Å². The third-order valence-electron chi connectivity index (χ3n) is 5.27. The van der Waals surface area contributed by atoms with E-state index in [0.29, 0.717) is 22.6 Å². The van der Waals surface area contributed by atoms with Gasteiger partial charge in [-0.25, -0.2) is 9.78 Å². The first kappa shape index (κ1) is 21.5. The van der Waals surface area contributed by atoms with E-state index in [1.54, 1.807) is 24.3 Å². The van der Waals surface area contributed by atoms with Crippen LogP contribution in [0.15, 0.2) is 29.1 Å². The molecule has 0 radical (unpaired) electrons. The summed E-state index contributed by atoms with van der Waals surface area (Å²) in [5, 5.41) is 5.45. The third-order valence-corrected chi connectivity index (χ3v) is 5.27. The number of para-hydroxylation sites is 1. The van der Waals surface area contributed by atoms with Gasteiger partial charge in [-0.1, -0.05) is 31.9 Å². The molecular weight excluding hydrogens is 388 g/mol. The number of imide groups is 1. The maximum Gasteiger partial charge on any atom is 0.321 e. The average molecular weight is 414 g/mol. The highest BCUT2D eigenvalue weighted by Gasteiger charge is 2.23. The van der Waals surface area contributed by atoms with Crippen molar-refractivity contribution in [2.24, 2.45) is 5.92 Å². The van der Waals surface area contributed by atoms with Crippen molar-refractivity contribution in [3.63, 3.8) is 0 Å². The van der Waals surface area contributed by atoms with Crippen LogP contribution in [-0.2, 0) is 20.7 Å². The van der Waals surface area contributed by atoms with Crippen molar-refractivity contribution < 1.29 is 19.1 Å². The highest BCUT2D eigenvalue weighted by molar-refractivity contribution is 5.95. The van der Waals surface area contributed by atoms with Crippen LogP contribution in [0.2, 0.25) is 0 Å². The summed E-state index contributed by atoms with van der Waals surface area (Å²) in [5.74, 6) is -0.586. The molecule has 1 aliphatic rings. The van der Waals surface area contributed by atoms with Gasteiger partial charge in [-0.2, -0.15) is 0 Å². The summed E-state index contributed by atoms with van der Waals surface area (Å²) >= 11 is 0. The Bertz CT molecular complexity index is 987. The van der Waals surface area contributed by atoms with Crippen LogP contribution in [0, 0.1) is 5.92 Å². The number of aryl methyl sites for hydroxylation is 1.